The van der Waals surface area contributed by atoms with Crippen LogP contribution in [0.4, 0.5) is 4.39 Å². The second-order valence-electron chi connectivity index (χ2n) is 7.03. The minimum Gasteiger partial charge on any atom is -0.497 e. The lowest BCUT2D eigenvalue weighted by molar-refractivity contribution is -0.104. The number of benzene rings is 4. The van der Waals surface area contributed by atoms with Crippen molar-refractivity contribution in [2.24, 2.45) is 0 Å². The second-order valence-corrected chi connectivity index (χ2v) is 7.03. The molecule has 0 saturated heterocycles. The van der Waals surface area contributed by atoms with Crippen molar-refractivity contribution in [3.63, 3.8) is 0 Å². The first kappa shape index (κ1) is 24.1. The highest BCUT2D eigenvalue weighted by molar-refractivity contribution is 5.91. The Balaban J connectivity index is 0.000000191. The molecular formula is C29H23FO4. The van der Waals surface area contributed by atoms with Gasteiger partial charge in [0.1, 0.15) is 23.6 Å². The van der Waals surface area contributed by atoms with Gasteiger partial charge in [-0.15, -0.1) is 0 Å². The van der Waals surface area contributed by atoms with Crippen molar-refractivity contribution in [2.45, 2.75) is 0 Å². The van der Waals surface area contributed by atoms with Gasteiger partial charge in [0.2, 0.25) is 0 Å². The lowest BCUT2D eigenvalue weighted by Crippen LogP contribution is -2.08. The Labute approximate surface area is 197 Å². The van der Waals surface area contributed by atoms with Gasteiger partial charge in [-0.3, -0.25) is 4.79 Å². The van der Waals surface area contributed by atoms with E-state index >= 15 is 0 Å². The fraction of sp³-hybridized carbons (Fsp3) is 0.0345. The number of esters is 1. The summed E-state index contributed by atoms with van der Waals surface area (Å²) in [5.41, 5.74) is 2.58. The van der Waals surface area contributed by atoms with Crippen LogP contribution in [0.1, 0.15) is 15.9 Å². The molecule has 0 aliphatic carbocycles. The number of halogens is 1. The van der Waals surface area contributed by atoms with Crippen LogP contribution in [0.2, 0.25) is 0 Å². The van der Waals surface area contributed by atoms with Gasteiger partial charge in [0, 0.05) is 5.56 Å². The number of ether oxygens (including phenoxy) is 2. The molecule has 0 aromatic heterocycles. The molecule has 0 spiro atoms. The van der Waals surface area contributed by atoms with Gasteiger partial charge in [0.05, 0.1) is 12.7 Å². The zero-order valence-corrected chi connectivity index (χ0v) is 18.6. The van der Waals surface area contributed by atoms with Crippen LogP contribution in [0, 0.1) is 5.82 Å². The van der Waals surface area contributed by atoms with Gasteiger partial charge in [-0.05, 0) is 59.7 Å². The standard InChI is InChI=1S/C15H11FO.C14H12O3/c16-15-11-12(5-4-10-17)8-9-14(15)13-6-2-1-3-7-13;1-16-12-9-7-11(8-10-12)14(15)17-13-5-3-2-4-6-13/h1-11H;2-10H,1H3/b5-4+;. The SMILES string of the molecule is COc1ccc(C(=O)Oc2ccccc2)cc1.O=C/C=C/c1ccc(-c2ccccc2)c(F)c1. The smallest absolute Gasteiger partial charge is 0.343 e. The summed E-state index contributed by atoms with van der Waals surface area (Å²) >= 11 is 0. The average Bonchev–Trinajstić information content (AvgIpc) is 2.89. The van der Waals surface area contributed by atoms with Crippen molar-refractivity contribution in [1.29, 1.82) is 0 Å². The van der Waals surface area contributed by atoms with E-state index in [4.69, 9.17) is 9.47 Å². The third-order valence-electron chi connectivity index (χ3n) is 4.72. The number of carbonyl (C=O) groups excluding carboxylic acids is 2. The van der Waals surface area contributed by atoms with Gasteiger partial charge < -0.3 is 9.47 Å². The van der Waals surface area contributed by atoms with E-state index in [0.29, 0.717) is 34.5 Å². The Bertz CT molecular complexity index is 1230. The number of aldehydes is 1. The highest BCUT2D eigenvalue weighted by atomic mass is 19.1. The highest BCUT2D eigenvalue weighted by Gasteiger charge is 2.08. The molecule has 0 aliphatic heterocycles. The molecule has 0 unspecified atom stereocenters. The quantitative estimate of drug-likeness (QED) is 0.142. The van der Waals surface area contributed by atoms with Gasteiger partial charge in [-0.1, -0.05) is 66.7 Å². The molecule has 0 saturated carbocycles. The normalized spacial score (nSPS) is 10.2. The Morgan fingerprint density at radius 2 is 1.44 bits per heavy atom. The lowest BCUT2D eigenvalue weighted by atomic mass is 10.0. The van der Waals surface area contributed by atoms with Crippen molar-refractivity contribution >= 4 is 18.3 Å². The first-order valence-electron chi connectivity index (χ1n) is 10.5. The summed E-state index contributed by atoms with van der Waals surface area (Å²) in [5.74, 6) is 0.581. The van der Waals surface area contributed by atoms with Crippen molar-refractivity contribution in [2.75, 3.05) is 7.11 Å². The molecule has 0 heterocycles. The third-order valence-corrected chi connectivity index (χ3v) is 4.72. The van der Waals surface area contributed by atoms with Crippen molar-refractivity contribution in [3.8, 4) is 22.6 Å². The molecule has 4 aromatic carbocycles. The van der Waals surface area contributed by atoms with Crippen LogP contribution in [-0.4, -0.2) is 19.4 Å². The number of carbonyl (C=O) groups is 2. The molecule has 4 rings (SSSR count). The number of hydrogen-bond donors (Lipinski definition) is 0. The fourth-order valence-corrected chi connectivity index (χ4v) is 3.02. The van der Waals surface area contributed by atoms with Gasteiger partial charge in [0.25, 0.3) is 0 Å². The average molecular weight is 454 g/mol. The summed E-state index contributed by atoms with van der Waals surface area (Å²) in [7, 11) is 1.58. The second kappa shape index (κ2) is 12.5. The Hall–Kier alpha value is -4.51. The fourth-order valence-electron chi connectivity index (χ4n) is 3.02. The van der Waals surface area contributed by atoms with Crippen LogP contribution in [0.5, 0.6) is 11.5 Å². The molecule has 0 bridgehead atoms. The van der Waals surface area contributed by atoms with Gasteiger partial charge in [-0.2, -0.15) is 0 Å². The van der Waals surface area contributed by atoms with Crippen molar-refractivity contribution in [3.05, 3.63) is 126 Å². The monoisotopic (exact) mass is 454 g/mol. The minimum atomic E-state index is -0.376. The number of hydrogen-bond acceptors (Lipinski definition) is 4. The molecule has 0 atom stereocenters. The van der Waals surface area contributed by atoms with E-state index in [1.807, 2.05) is 48.5 Å². The van der Waals surface area contributed by atoms with Gasteiger partial charge in [0.15, 0.2) is 0 Å². The predicted molar refractivity (Wildman–Crippen MR) is 131 cm³/mol. The van der Waals surface area contributed by atoms with E-state index < -0.39 is 0 Å². The van der Waals surface area contributed by atoms with E-state index in [9.17, 15) is 14.0 Å². The Morgan fingerprint density at radius 1 is 0.794 bits per heavy atom. The number of rotatable bonds is 6. The van der Waals surface area contributed by atoms with Crippen LogP contribution in [0.15, 0.2) is 109 Å². The topological polar surface area (TPSA) is 52.6 Å². The molecule has 4 nitrogen and oxygen atoms in total. The van der Waals surface area contributed by atoms with Crippen molar-refractivity contribution < 1.29 is 23.5 Å². The summed E-state index contributed by atoms with van der Waals surface area (Å²) in [5, 5.41) is 0. The van der Waals surface area contributed by atoms with E-state index in [-0.39, 0.29) is 11.8 Å². The van der Waals surface area contributed by atoms with Gasteiger partial charge >= 0.3 is 5.97 Å². The Kier molecular flexibility index (Phi) is 8.88. The number of para-hydroxylation sites is 1. The summed E-state index contributed by atoms with van der Waals surface area (Å²) in [6.45, 7) is 0. The molecule has 4 aromatic rings. The number of allylic oxidation sites excluding steroid dienone is 1. The van der Waals surface area contributed by atoms with Crippen LogP contribution in [-0.2, 0) is 4.79 Å². The molecule has 170 valence electrons. The summed E-state index contributed by atoms with van der Waals surface area (Å²) < 4.78 is 24.1. The molecule has 0 fully saturated rings. The molecule has 0 amide bonds. The first-order chi connectivity index (χ1) is 16.6. The number of methoxy groups -OCH3 is 1. The van der Waals surface area contributed by atoms with E-state index in [2.05, 4.69) is 0 Å². The zero-order valence-electron chi connectivity index (χ0n) is 18.6. The summed E-state index contributed by atoms with van der Waals surface area (Å²) in [6, 6.07) is 30.0. The summed E-state index contributed by atoms with van der Waals surface area (Å²) in [6.07, 6.45) is 3.59. The largest absolute Gasteiger partial charge is 0.497 e. The van der Waals surface area contributed by atoms with Crippen LogP contribution < -0.4 is 9.47 Å². The lowest BCUT2D eigenvalue weighted by Gasteiger charge is -2.04. The maximum Gasteiger partial charge on any atom is 0.343 e. The maximum atomic E-state index is 13.8. The van der Waals surface area contributed by atoms with Crippen molar-refractivity contribution in [1.82, 2.24) is 0 Å². The van der Waals surface area contributed by atoms with E-state index in [1.165, 1.54) is 12.1 Å². The molecule has 0 N–H and O–H groups in total. The predicted octanol–water partition coefficient (Wildman–Crippen LogP) is 6.62. The molecule has 0 radical (unpaired) electrons. The molecule has 5 heteroatoms. The summed E-state index contributed by atoms with van der Waals surface area (Å²) in [4.78, 5) is 21.9. The van der Waals surface area contributed by atoms with Crippen LogP contribution >= 0.6 is 0 Å². The zero-order chi connectivity index (χ0) is 24.2. The minimum absolute atomic E-state index is 0.288. The van der Waals surface area contributed by atoms with E-state index in [1.54, 1.807) is 61.7 Å². The van der Waals surface area contributed by atoms with E-state index in [0.717, 1.165) is 5.56 Å². The Morgan fingerprint density at radius 3 is 2.03 bits per heavy atom. The van der Waals surface area contributed by atoms with Gasteiger partial charge in [-0.25, -0.2) is 9.18 Å². The van der Waals surface area contributed by atoms with Crippen LogP contribution in [0.25, 0.3) is 17.2 Å². The molecule has 0 aliphatic rings. The highest BCUT2D eigenvalue weighted by Crippen LogP contribution is 2.23. The van der Waals surface area contributed by atoms with Crippen LogP contribution in [0.3, 0.4) is 0 Å². The first-order valence-corrected chi connectivity index (χ1v) is 10.5. The maximum absolute atomic E-state index is 13.8. The molecular weight excluding hydrogens is 431 g/mol. The molecule has 34 heavy (non-hydrogen) atoms. The third kappa shape index (κ3) is 7.00.